The van der Waals surface area contributed by atoms with Crippen molar-refractivity contribution in [1.29, 1.82) is 0 Å². The fourth-order valence-corrected chi connectivity index (χ4v) is 3.84. The molecule has 2 aliphatic carbocycles. The summed E-state index contributed by atoms with van der Waals surface area (Å²) < 4.78 is 5.87. The summed E-state index contributed by atoms with van der Waals surface area (Å²) in [5.74, 6) is 1.42. The Hall–Kier alpha value is -0.380. The number of fused-ring (bicyclic) bond motifs is 2. The van der Waals surface area contributed by atoms with Crippen LogP contribution in [0, 0.1) is 17.3 Å². The third-order valence-electron chi connectivity index (χ3n) is 5.52. The molecule has 4 atom stereocenters. The summed E-state index contributed by atoms with van der Waals surface area (Å²) in [5, 5.41) is 8.69. The van der Waals surface area contributed by atoms with Gasteiger partial charge in [0.2, 0.25) is 0 Å². The Bertz CT molecular complexity index is 374. The molecule has 3 heteroatoms. The van der Waals surface area contributed by atoms with Gasteiger partial charge in [-0.05, 0) is 55.4 Å². The summed E-state index contributed by atoms with van der Waals surface area (Å²) in [5.41, 5.74) is 1.77. The topological polar surface area (TPSA) is 42.0 Å². The van der Waals surface area contributed by atoms with E-state index in [4.69, 9.17) is 9.99 Å². The minimum atomic E-state index is 0.131. The van der Waals surface area contributed by atoms with Gasteiger partial charge in [-0.15, -0.1) is 0 Å². The molecule has 1 aliphatic heterocycles. The fraction of sp³-hybridized carbons (Fsp3) is 0.867. The molecule has 102 valence electrons. The second-order valence-corrected chi connectivity index (χ2v) is 7.05. The minimum Gasteiger partial charge on any atom is -0.366 e. The minimum absolute atomic E-state index is 0.131. The van der Waals surface area contributed by atoms with Gasteiger partial charge in [-0.1, -0.05) is 19.9 Å². The molecule has 0 radical (unpaired) electrons. The Morgan fingerprint density at radius 1 is 1.39 bits per heavy atom. The van der Waals surface area contributed by atoms with E-state index in [0.29, 0.717) is 24.0 Å². The van der Waals surface area contributed by atoms with Gasteiger partial charge in [0.25, 0.3) is 0 Å². The fourth-order valence-electron chi connectivity index (χ4n) is 3.84. The Morgan fingerprint density at radius 2 is 2.17 bits per heavy atom. The maximum atomic E-state index is 8.69. The van der Waals surface area contributed by atoms with Gasteiger partial charge in [-0.3, -0.25) is 5.26 Å². The van der Waals surface area contributed by atoms with E-state index in [1.54, 1.807) is 0 Å². The van der Waals surface area contributed by atoms with Crippen LogP contribution in [0.2, 0.25) is 0 Å². The number of hydrogen-bond acceptors (Lipinski definition) is 3. The average molecular weight is 252 g/mol. The zero-order valence-corrected chi connectivity index (χ0v) is 11.6. The van der Waals surface area contributed by atoms with E-state index in [1.165, 1.54) is 18.4 Å². The summed E-state index contributed by atoms with van der Waals surface area (Å²) in [4.78, 5) is 4.35. The first-order valence-corrected chi connectivity index (χ1v) is 7.11. The second kappa shape index (κ2) is 4.06. The van der Waals surface area contributed by atoms with Crippen molar-refractivity contribution in [2.75, 3.05) is 6.61 Å². The molecule has 18 heavy (non-hydrogen) atoms. The van der Waals surface area contributed by atoms with Gasteiger partial charge in [-0.2, -0.15) is 0 Å². The summed E-state index contributed by atoms with van der Waals surface area (Å²) in [6.45, 7) is 7.29. The summed E-state index contributed by atoms with van der Waals surface area (Å²) in [6, 6.07) is 0. The molecule has 3 nitrogen and oxygen atoms in total. The van der Waals surface area contributed by atoms with Crippen molar-refractivity contribution in [2.45, 2.75) is 58.2 Å². The highest BCUT2D eigenvalue weighted by atomic mass is 17.1. The number of hydrogen-bond donors (Lipinski definition) is 1. The van der Waals surface area contributed by atoms with E-state index in [2.05, 4.69) is 31.7 Å². The van der Waals surface area contributed by atoms with E-state index in [-0.39, 0.29) is 5.60 Å². The molecule has 0 aromatic heterocycles. The van der Waals surface area contributed by atoms with Crippen LogP contribution in [0.3, 0.4) is 0 Å². The predicted octanol–water partition coefficient (Wildman–Crippen LogP) is 3.41. The Morgan fingerprint density at radius 3 is 2.89 bits per heavy atom. The lowest BCUT2D eigenvalue weighted by Gasteiger charge is -2.10. The number of ether oxygens (including phenoxy) is 1. The molecule has 0 spiro atoms. The lowest BCUT2D eigenvalue weighted by atomic mass is 9.93. The van der Waals surface area contributed by atoms with E-state index in [1.807, 2.05) is 0 Å². The molecular weight excluding hydrogens is 228 g/mol. The highest BCUT2D eigenvalue weighted by Gasteiger charge is 2.59. The first kappa shape index (κ1) is 12.6. The van der Waals surface area contributed by atoms with E-state index in [9.17, 15) is 0 Å². The van der Waals surface area contributed by atoms with Crippen LogP contribution in [-0.2, 0) is 9.62 Å². The molecule has 2 fully saturated rings. The standard InChI is InChI=1S/C15H24O3/c1-14(2)11-6-7-15(3)13(18-15)5-4-10(9-17-16)8-12(11)14/h8,11-13,16H,4-7,9H2,1-3H3/b10-8+/t11-,12-,13+,15-/m1/s1. The largest absolute Gasteiger partial charge is 0.366 e. The monoisotopic (exact) mass is 252 g/mol. The number of epoxide rings is 1. The number of allylic oxidation sites excluding steroid dienone is 1. The second-order valence-electron chi connectivity index (χ2n) is 7.05. The van der Waals surface area contributed by atoms with Gasteiger partial charge in [-0.25, -0.2) is 4.89 Å². The summed E-state index contributed by atoms with van der Waals surface area (Å²) in [6.07, 6.45) is 7.27. The molecule has 1 N–H and O–H groups in total. The highest BCUT2D eigenvalue weighted by Crippen LogP contribution is 2.63. The molecular formula is C15H24O3. The third kappa shape index (κ3) is 2.02. The van der Waals surface area contributed by atoms with Gasteiger partial charge < -0.3 is 4.74 Å². The van der Waals surface area contributed by atoms with Gasteiger partial charge in [0.15, 0.2) is 0 Å². The van der Waals surface area contributed by atoms with Crippen LogP contribution in [0.5, 0.6) is 0 Å². The number of rotatable bonds is 2. The van der Waals surface area contributed by atoms with Crippen LogP contribution < -0.4 is 0 Å². The summed E-state index contributed by atoms with van der Waals surface area (Å²) >= 11 is 0. The van der Waals surface area contributed by atoms with Crippen molar-refractivity contribution >= 4 is 0 Å². The van der Waals surface area contributed by atoms with Gasteiger partial charge >= 0.3 is 0 Å². The van der Waals surface area contributed by atoms with Crippen molar-refractivity contribution in [1.82, 2.24) is 0 Å². The lowest BCUT2D eigenvalue weighted by Crippen LogP contribution is -2.12. The SMILES string of the molecule is CC1(C)[C@@H]2/C=C(/COO)CC[C@@H]3O[C@]3(C)CC[C@H]21. The first-order chi connectivity index (χ1) is 8.47. The molecule has 3 rings (SSSR count). The molecule has 3 aliphatic rings. The van der Waals surface area contributed by atoms with Crippen LogP contribution in [-0.4, -0.2) is 23.6 Å². The molecule has 0 aromatic carbocycles. The normalized spacial score (nSPS) is 48.4. The molecule has 0 bridgehead atoms. The van der Waals surface area contributed by atoms with Crippen molar-refractivity contribution in [3.05, 3.63) is 11.6 Å². The third-order valence-corrected chi connectivity index (χ3v) is 5.52. The predicted molar refractivity (Wildman–Crippen MR) is 69.2 cm³/mol. The molecule has 1 saturated carbocycles. The summed E-state index contributed by atoms with van der Waals surface area (Å²) in [7, 11) is 0. The Kier molecular flexibility index (Phi) is 2.85. The van der Waals surface area contributed by atoms with Crippen LogP contribution in [0.25, 0.3) is 0 Å². The van der Waals surface area contributed by atoms with Crippen molar-refractivity contribution in [2.24, 2.45) is 17.3 Å². The van der Waals surface area contributed by atoms with Gasteiger partial charge in [0, 0.05) is 0 Å². The van der Waals surface area contributed by atoms with Crippen molar-refractivity contribution in [3.8, 4) is 0 Å². The van der Waals surface area contributed by atoms with Crippen molar-refractivity contribution < 1.29 is 14.9 Å². The zero-order chi connectivity index (χ0) is 13.0. The van der Waals surface area contributed by atoms with E-state index in [0.717, 1.165) is 18.8 Å². The maximum Gasteiger partial charge on any atom is 0.103 e. The van der Waals surface area contributed by atoms with Crippen LogP contribution in [0.15, 0.2) is 11.6 Å². The average Bonchev–Trinajstić information content (AvgIpc) is 3.10. The quantitative estimate of drug-likeness (QED) is 0.354. The molecule has 0 amide bonds. The van der Waals surface area contributed by atoms with E-state index >= 15 is 0 Å². The molecule has 0 unspecified atom stereocenters. The van der Waals surface area contributed by atoms with Crippen molar-refractivity contribution in [3.63, 3.8) is 0 Å². The highest BCUT2D eigenvalue weighted by molar-refractivity contribution is 5.21. The zero-order valence-electron chi connectivity index (χ0n) is 11.6. The smallest absolute Gasteiger partial charge is 0.103 e. The van der Waals surface area contributed by atoms with Gasteiger partial charge in [0.05, 0.1) is 11.7 Å². The van der Waals surface area contributed by atoms with E-state index < -0.39 is 0 Å². The maximum absolute atomic E-state index is 8.69. The van der Waals surface area contributed by atoms with Crippen LogP contribution in [0.4, 0.5) is 0 Å². The molecule has 1 saturated heterocycles. The molecule has 0 aromatic rings. The van der Waals surface area contributed by atoms with Gasteiger partial charge in [0.1, 0.15) is 6.61 Å². The molecule has 1 heterocycles. The Labute approximate surface area is 109 Å². The van der Waals surface area contributed by atoms with Crippen LogP contribution in [0.1, 0.15) is 46.5 Å². The lowest BCUT2D eigenvalue weighted by molar-refractivity contribution is -0.234. The first-order valence-electron chi connectivity index (χ1n) is 7.11. The van der Waals surface area contributed by atoms with Crippen LogP contribution >= 0.6 is 0 Å². The Balaban J connectivity index is 1.77.